The van der Waals surface area contributed by atoms with Crippen LogP contribution in [-0.4, -0.2) is 56.5 Å². The zero-order valence-electron chi connectivity index (χ0n) is 18.1. The van der Waals surface area contributed by atoms with Crippen LogP contribution in [0.5, 0.6) is 0 Å². The maximum absolute atomic E-state index is 11.9. The van der Waals surface area contributed by atoms with E-state index >= 15 is 0 Å². The minimum atomic E-state index is -3.27. The Morgan fingerprint density at radius 2 is 1.87 bits per heavy atom. The molecular weight excluding hydrogens is 412 g/mol. The lowest BCUT2D eigenvalue weighted by Crippen LogP contribution is -2.52. The summed E-state index contributed by atoms with van der Waals surface area (Å²) < 4.78 is 32.9. The zero-order chi connectivity index (χ0) is 21.7. The van der Waals surface area contributed by atoms with Gasteiger partial charge < -0.3 is 9.64 Å². The zero-order valence-corrected chi connectivity index (χ0v) is 18.9. The van der Waals surface area contributed by atoms with Crippen LogP contribution in [0.3, 0.4) is 0 Å². The lowest BCUT2D eigenvalue weighted by molar-refractivity contribution is -0.00213. The van der Waals surface area contributed by atoms with Crippen molar-refractivity contribution in [2.75, 3.05) is 30.9 Å². The van der Waals surface area contributed by atoms with Gasteiger partial charge in [-0.25, -0.2) is 23.1 Å². The fourth-order valence-electron chi connectivity index (χ4n) is 4.86. The Balaban J connectivity index is 1.34. The topological polar surface area (TPSA) is 84.4 Å². The number of anilines is 1. The maximum Gasteiger partial charge on any atom is 0.208 e. The largest absolute Gasteiger partial charge is 0.378 e. The second-order valence-corrected chi connectivity index (χ2v) is 10.6. The third-order valence-electron chi connectivity index (χ3n) is 6.48. The van der Waals surface area contributed by atoms with Gasteiger partial charge >= 0.3 is 0 Å². The van der Waals surface area contributed by atoms with Gasteiger partial charge in [0.2, 0.25) is 10.0 Å². The van der Waals surface area contributed by atoms with Gasteiger partial charge in [-0.15, -0.1) is 0 Å². The van der Waals surface area contributed by atoms with Gasteiger partial charge in [0.05, 0.1) is 19.0 Å². The molecule has 2 aromatic rings. The molecule has 1 saturated heterocycles. The predicted molar refractivity (Wildman–Crippen MR) is 122 cm³/mol. The summed E-state index contributed by atoms with van der Waals surface area (Å²) in [5.74, 6) is 1.56. The highest BCUT2D eigenvalue weighted by Crippen LogP contribution is 2.34. The number of aromatic nitrogens is 2. The average Bonchev–Trinajstić information content (AvgIpc) is 2.79. The van der Waals surface area contributed by atoms with Crippen molar-refractivity contribution in [3.05, 3.63) is 54.5 Å². The number of ether oxygens (including phenoxy) is 1. The first kappa shape index (κ1) is 22.2. The van der Waals surface area contributed by atoms with E-state index in [1.54, 1.807) is 12.5 Å². The van der Waals surface area contributed by atoms with E-state index in [-0.39, 0.29) is 18.1 Å². The molecule has 1 aliphatic heterocycles. The summed E-state index contributed by atoms with van der Waals surface area (Å²) in [6.07, 6.45) is 9.85. The van der Waals surface area contributed by atoms with Crippen molar-refractivity contribution in [3.8, 4) is 0 Å². The van der Waals surface area contributed by atoms with Gasteiger partial charge in [0.1, 0.15) is 12.1 Å². The quantitative estimate of drug-likeness (QED) is 0.707. The molecule has 1 aliphatic carbocycles. The first-order chi connectivity index (χ1) is 15.0. The van der Waals surface area contributed by atoms with Crippen LogP contribution < -0.4 is 9.62 Å². The van der Waals surface area contributed by atoms with Gasteiger partial charge in [-0.3, -0.25) is 0 Å². The number of nitrogens with one attached hydrogen (secondary N) is 1. The summed E-state index contributed by atoms with van der Waals surface area (Å²) in [7, 11) is -3.27. The fraction of sp³-hybridized carbons (Fsp3) is 0.565. The highest BCUT2D eigenvalue weighted by atomic mass is 32.2. The van der Waals surface area contributed by atoms with Gasteiger partial charge in [-0.1, -0.05) is 30.3 Å². The second kappa shape index (κ2) is 10.1. The summed E-state index contributed by atoms with van der Waals surface area (Å²) in [6, 6.07) is 12.5. The number of rotatable bonds is 7. The normalized spacial score (nSPS) is 27.2. The summed E-state index contributed by atoms with van der Waals surface area (Å²) >= 11 is 0. The van der Waals surface area contributed by atoms with Crippen LogP contribution in [0.4, 0.5) is 5.82 Å². The summed E-state index contributed by atoms with van der Waals surface area (Å²) in [5.41, 5.74) is 1.42. The molecule has 2 atom stereocenters. The molecule has 1 N–H and O–H groups in total. The van der Waals surface area contributed by atoms with Crippen LogP contribution in [0.25, 0.3) is 0 Å². The average molecular weight is 445 g/mol. The number of benzene rings is 1. The third kappa shape index (κ3) is 6.24. The van der Waals surface area contributed by atoms with Crippen molar-refractivity contribution in [3.63, 3.8) is 0 Å². The molecule has 2 aliphatic rings. The first-order valence-corrected chi connectivity index (χ1v) is 13.0. The van der Waals surface area contributed by atoms with Crippen LogP contribution in [0.1, 0.15) is 43.6 Å². The van der Waals surface area contributed by atoms with Gasteiger partial charge in [0.15, 0.2) is 0 Å². The molecule has 1 aromatic carbocycles. The molecule has 0 amide bonds. The molecule has 1 saturated carbocycles. The van der Waals surface area contributed by atoms with Crippen molar-refractivity contribution in [2.45, 2.75) is 50.2 Å². The number of sulfonamides is 1. The Morgan fingerprint density at radius 1 is 1.10 bits per heavy atom. The number of hydrogen-bond acceptors (Lipinski definition) is 6. The van der Waals surface area contributed by atoms with Gasteiger partial charge in [0, 0.05) is 31.2 Å². The van der Waals surface area contributed by atoms with Gasteiger partial charge in [-0.05, 0) is 49.7 Å². The van der Waals surface area contributed by atoms with Crippen molar-refractivity contribution in [1.82, 2.24) is 14.7 Å². The molecular formula is C23H32N4O3S. The highest BCUT2D eigenvalue weighted by Gasteiger charge is 2.33. The molecule has 0 spiro atoms. The van der Waals surface area contributed by atoms with E-state index in [0.717, 1.165) is 44.5 Å². The summed E-state index contributed by atoms with van der Waals surface area (Å²) in [4.78, 5) is 10.5. The van der Waals surface area contributed by atoms with E-state index in [1.165, 1.54) is 11.8 Å². The van der Waals surface area contributed by atoms with Crippen molar-refractivity contribution < 1.29 is 13.2 Å². The van der Waals surface area contributed by atoms with Crippen LogP contribution >= 0.6 is 0 Å². The molecule has 0 bridgehead atoms. The Morgan fingerprint density at radius 3 is 2.55 bits per heavy atom. The van der Waals surface area contributed by atoms with Crippen molar-refractivity contribution in [1.29, 1.82) is 0 Å². The minimum absolute atomic E-state index is 0.0743. The molecule has 2 heterocycles. The van der Waals surface area contributed by atoms with E-state index < -0.39 is 10.0 Å². The standard InChI is InChI=1S/C23H32N4O3S/c1-31(28,29)26-22-12-14-27(23-11-13-24-17-25-23)15-20(22)16-30-21-9-7-19(8-10-21)18-5-3-2-4-6-18/h2-6,11,13,17,19-22,26H,7-10,12,14-16H2,1H3/t19?,20?,21?,22-/m0/s1. The molecule has 1 aromatic heterocycles. The molecule has 8 heteroatoms. The van der Waals surface area contributed by atoms with Crippen LogP contribution in [0, 0.1) is 5.92 Å². The lowest BCUT2D eigenvalue weighted by Gasteiger charge is -2.40. The van der Waals surface area contributed by atoms with Crippen LogP contribution in [-0.2, 0) is 14.8 Å². The smallest absolute Gasteiger partial charge is 0.208 e. The highest BCUT2D eigenvalue weighted by molar-refractivity contribution is 7.88. The Hall–Kier alpha value is -2.03. The predicted octanol–water partition coefficient (Wildman–Crippen LogP) is 2.96. The molecule has 168 valence electrons. The van der Waals surface area contributed by atoms with Gasteiger partial charge in [-0.2, -0.15) is 0 Å². The molecule has 7 nitrogen and oxygen atoms in total. The SMILES string of the molecule is CS(=O)(=O)N[C@H]1CCN(c2ccncn2)CC1COC1CCC(c2ccccc2)CC1. The van der Waals surface area contributed by atoms with E-state index in [4.69, 9.17) is 4.74 Å². The Labute approximate surface area is 185 Å². The van der Waals surface area contributed by atoms with E-state index in [2.05, 4.69) is 49.9 Å². The van der Waals surface area contributed by atoms with E-state index in [1.807, 2.05) is 6.07 Å². The first-order valence-electron chi connectivity index (χ1n) is 11.1. The van der Waals surface area contributed by atoms with Crippen LogP contribution in [0.2, 0.25) is 0 Å². The van der Waals surface area contributed by atoms with E-state index in [9.17, 15) is 8.42 Å². The van der Waals surface area contributed by atoms with Crippen molar-refractivity contribution in [2.24, 2.45) is 5.92 Å². The molecule has 1 unspecified atom stereocenters. The fourth-order valence-corrected chi connectivity index (χ4v) is 5.72. The maximum atomic E-state index is 11.9. The minimum Gasteiger partial charge on any atom is -0.378 e. The second-order valence-electron chi connectivity index (χ2n) is 8.78. The van der Waals surface area contributed by atoms with Crippen molar-refractivity contribution >= 4 is 15.8 Å². The molecule has 2 fully saturated rings. The van der Waals surface area contributed by atoms with E-state index in [0.29, 0.717) is 19.1 Å². The molecule has 0 radical (unpaired) electrons. The molecule has 31 heavy (non-hydrogen) atoms. The number of piperidine rings is 1. The number of nitrogens with zero attached hydrogens (tertiary/aromatic N) is 3. The summed E-state index contributed by atoms with van der Waals surface area (Å²) in [6.45, 7) is 2.02. The van der Waals surface area contributed by atoms with Gasteiger partial charge in [0.25, 0.3) is 0 Å². The monoisotopic (exact) mass is 444 g/mol. The Kier molecular flexibility index (Phi) is 7.20. The molecule has 4 rings (SSSR count). The number of hydrogen-bond donors (Lipinski definition) is 1. The summed E-state index contributed by atoms with van der Waals surface area (Å²) in [5, 5.41) is 0. The van der Waals surface area contributed by atoms with Crippen LogP contribution in [0.15, 0.2) is 48.9 Å². The lowest BCUT2D eigenvalue weighted by atomic mass is 9.82. The third-order valence-corrected chi connectivity index (χ3v) is 7.21. The Bertz CT molecular complexity index is 918.